The van der Waals surface area contributed by atoms with E-state index in [2.05, 4.69) is 9.97 Å². The first-order valence-electron chi connectivity index (χ1n) is 8.21. The summed E-state index contributed by atoms with van der Waals surface area (Å²) in [7, 11) is -7.12. The van der Waals surface area contributed by atoms with Crippen LogP contribution in [-0.2, 0) is 19.9 Å². The molecule has 134 valence electrons. The number of aromatic amines is 1. The molecule has 0 aliphatic carbocycles. The van der Waals surface area contributed by atoms with Crippen LogP contribution in [0.25, 0.3) is 0 Å². The molecule has 0 saturated carbocycles. The average Bonchev–Trinajstić information content (AvgIpc) is 3.23. The second-order valence-corrected chi connectivity index (χ2v) is 10.6. The molecule has 2 aliphatic rings. The predicted molar refractivity (Wildman–Crippen MR) is 91.1 cm³/mol. The van der Waals surface area contributed by atoms with Crippen LogP contribution in [0.4, 0.5) is 0 Å². The highest BCUT2D eigenvalue weighted by molar-refractivity contribution is 7.92. The molecular weight excluding hydrogens is 362 g/mol. The van der Waals surface area contributed by atoms with Crippen molar-refractivity contribution >= 4 is 19.9 Å². The van der Waals surface area contributed by atoms with Gasteiger partial charge >= 0.3 is 0 Å². The van der Waals surface area contributed by atoms with Crippen LogP contribution in [0.2, 0.25) is 0 Å². The van der Waals surface area contributed by atoms with E-state index in [1.165, 1.54) is 16.8 Å². The van der Waals surface area contributed by atoms with E-state index < -0.39 is 25.1 Å². The van der Waals surface area contributed by atoms with E-state index in [1.807, 2.05) is 0 Å². The Morgan fingerprint density at radius 2 is 1.64 bits per heavy atom. The van der Waals surface area contributed by atoms with Crippen LogP contribution in [0.5, 0.6) is 0 Å². The van der Waals surface area contributed by atoms with Crippen LogP contribution in [0.1, 0.15) is 25.7 Å². The van der Waals surface area contributed by atoms with Crippen LogP contribution in [0.3, 0.4) is 0 Å². The van der Waals surface area contributed by atoms with Crippen LogP contribution in [0.15, 0.2) is 52.8 Å². The zero-order valence-corrected chi connectivity index (χ0v) is 15.1. The molecule has 0 spiro atoms. The fraction of sp³-hybridized carbons (Fsp3) is 0.438. The first-order valence-corrected chi connectivity index (χ1v) is 11.2. The van der Waals surface area contributed by atoms with Crippen molar-refractivity contribution in [1.29, 1.82) is 0 Å². The van der Waals surface area contributed by atoms with Crippen LogP contribution >= 0.6 is 0 Å². The summed E-state index contributed by atoms with van der Waals surface area (Å²) in [5.74, 6) is 0. The largest absolute Gasteiger partial charge is 0.335 e. The van der Waals surface area contributed by atoms with E-state index in [1.54, 1.807) is 30.3 Å². The molecule has 3 heterocycles. The van der Waals surface area contributed by atoms with Crippen molar-refractivity contribution < 1.29 is 16.8 Å². The zero-order valence-electron chi connectivity index (χ0n) is 13.4. The highest BCUT2D eigenvalue weighted by Gasteiger charge is 2.50. The van der Waals surface area contributed by atoms with Gasteiger partial charge in [0.15, 0.2) is 14.9 Å². The fourth-order valence-corrected chi connectivity index (χ4v) is 7.69. The molecule has 0 amide bonds. The van der Waals surface area contributed by atoms with Crippen molar-refractivity contribution in [2.24, 2.45) is 0 Å². The Kier molecular flexibility index (Phi) is 3.97. The Morgan fingerprint density at radius 1 is 1.00 bits per heavy atom. The lowest BCUT2D eigenvalue weighted by Gasteiger charge is -2.37. The molecule has 9 heteroatoms. The number of aromatic nitrogens is 2. The quantitative estimate of drug-likeness (QED) is 0.866. The number of imidazole rings is 1. The molecule has 0 radical (unpaired) electrons. The van der Waals surface area contributed by atoms with E-state index in [9.17, 15) is 16.8 Å². The van der Waals surface area contributed by atoms with E-state index in [4.69, 9.17) is 0 Å². The topological polar surface area (TPSA) is 100 Å². The number of piperidine rings is 1. The number of rotatable bonds is 4. The van der Waals surface area contributed by atoms with Gasteiger partial charge in [0, 0.05) is 12.1 Å². The van der Waals surface area contributed by atoms with Crippen molar-refractivity contribution in [3.8, 4) is 0 Å². The third-order valence-electron chi connectivity index (χ3n) is 5.16. The molecular formula is C16H19N3O4S2. The molecule has 7 nitrogen and oxygen atoms in total. The smallest absolute Gasteiger partial charge is 0.260 e. The molecule has 2 saturated heterocycles. The molecule has 25 heavy (non-hydrogen) atoms. The summed E-state index contributed by atoms with van der Waals surface area (Å²) in [6.07, 6.45) is 4.68. The first-order chi connectivity index (χ1) is 11.9. The third-order valence-corrected chi connectivity index (χ3v) is 9.28. The summed E-state index contributed by atoms with van der Waals surface area (Å²) in [6.45, 7) is 0. The normalized spacial score (nSPS) is 27.4. The standard InChI is InChI=1S/C16H19N3O4S2/c20-24(21,14-4-2-1-3-5-14)15-8-12-6-7-13(9-15)19(12)25(22,23)16-10-17-11-18-16/h1-5,10-13,15H,6-9H2,(H,17,18)/t12-,13+,15?. The number of benzene rings is 1. The van der Waals surface area contributed by atoms with Crippen molar-refractivity contribution in [3.05, 3.63) is 42.9 Å². The molecule has 2 fully saturated rings. The number of nitrogens with one attached hydrogen (secondary N) is 1. The van der Waals surface area contributed by atoms with Gasteiger partial charge in [0.1, 0.15) is 0 Å². The number of hydrogen-bond donors (Lipinski definition) is 1. The summed E-state index contributed by atoms with van der Waals surface area (Å²) >= 11 is 0. The maximum absolute atomic E-state index is 12.9. The molecule has 1 aromatic carbocycles. The second kappa shape index (κ2) is 5.93. The lowest BCUT2D eigenvalue weighted by atomic mass is 10.1. The van der Waals surface area contributed by atoms with Crippen molar-refractivity contribution in [1.82, 2.24) is 14.3 Å². The lowest BCUT2D eigenvalue weighted by molar-refractivity contribution is 0.248. The molecule has 4 rings (SSSR count). The van der Waals surface area contributed by atoms with Gasteiger partial charge in [-0.05, 0) is 37.8 Å². The zero-order chi connectivity index (χ0) is 17.7. The molecule has 2 bridgehead atoms. The summed E-state index contributed by atoms with van der Waals surface area (Å²) in [5.41, 5.74) is 0. The van der Waals surface area contributed by atoms with E-state index in [0.717, 1.165) is 0 Å². The minimum Gasteiger partial charge on any atom is -0.335 e. The Balaban J connectivity index is 1.63. The van der Waals surface area contributed by atoms with Gasteiger partial charge in [0.05, 0.1) is 22.7 Å². The van der Waals surface area contributed by atoms with Gasteiger partial charge in [0.25, 0.3) is 10.0 Å². The highest BCUT2D eigenvalue weighted by atomic mass is 32.2. The van der Waals surface area contributed by atoms with Crippen LogP contribution in [0, 0.1) is 0 Å². The minimum absolute atomic E-state index is 0.0637. The van der Waals surface area contributed by atoms with Gasteiger partial charge in [-0.1, -0.05) is 18.2 Å². The van der Waals surface area contributed by atoms with E-state index in [0.29, 0.717) is 30.6 Å². The lowest BCUT2D eigenvalue weighted by Crippen LogP contribution is -2.49. The monoisotopic (exact) mass is 381 g/mol. The number of sulfonamides is 1. The third kappa shape index (κ3) is 2.70. The predicted octanol–water partition coefficient (Wildman–Crippen LogP) is 1.57. The van der Waals surface area contributed by atoms with Gasteiger partial charge in [-0.2, -0.15) is 4.31 Å². The van der Waals surface area contributed by atoms with Crippen molar-refractivity contribution in [3.63, 3.8) is 0 Å². The second-order valence-electron chi connectivity index (χ2n) is 6.59. The molecule has 1 aromatic heterocycles. The SMILES string of the molecule is O=S(=O)(c1ccccc1)C1C[C@H]2CC[C@@H](C1)N2S(=O)(=O)c1cnc[nH]1. The molecule has 2 aromatic rings. The van der Waals surface area contributed by atoms with Gasteiger partial charge in [-0.15, -0.1) is 0 Å². The number of H-pyrrole nitrogens is 1. The Labute approximate surface area is 147 Å². The van der Waals surface area contributed by atoms with Crippen molar-refractivity contribution in [2.45, 2.75) is 52.9 Å². The van der Waals surface area contributed by atoms with Crippen LogP contribution in [-0.4, -0.2) is 48.4 Å². The number of fused-ring (bicyclic) bond motifs is 2. The molecule has 1 unspecified atom stereocenters. The van der Waals surface area contributed by atoms with Crippen LogP contribution < -0.4 is 0 Å². The summed E-state index contributed by atoms with van der Waals surface area (Å²) < 4.78 is 53.0. The summed E-state index contributed by atoms with van der Waals surface area (Å²) in [5, 5.41) is -0.477. The highest BCUT2D eigenvalue weighted by Crippen LogP contribution is 2.42. The van der Waals surface area contributed by atoms with Gasteiger partial charge in [-0.3, -0.25) is 0 Å². The maximum atomic E-state index is 12.9. The summed E-state index contributed by atoms with van der Waals surface area (Å²) in [4.78, 5) is 6.75. The first kappa shape index (κ1) is 16.7. The average molecular weight is 381 g/mol. The number of nitrogens with zero attached hydrogens (tertiary/aromatic N) is 2. The maximum Gasteiger partial charge on any atom is 0.260 e. The summed E-state index contributed by atoms with van der Waals surface area (Å²) in [6, 6.07) is 7.84. The minimum atomic E-state index is -3.67. The molecule has 1 N–H and O–H groups in total. The van der Waals surface area contributed by atoms with Crippen molar-refractivity contribution in [2.75, 3.05) is 0 Å². The van der Waals surface area contributed by atoms with Gasteiger partial charge in [-0.25, -0.2) is 21.8 Å². The number of sulfone groups is 1. The van der Waals surface area contributed by atoms with E-state index >= 15 is 0 Å². The van der Waals surface area contributed by atoms with Gasteiger partial charge < -0.3 is 4.98 Å². The molecule has 3 atom stereocenters. The molecule has 2 aliphatic heterocycles. The Morgan fingerprint density at radius 3 is 2.20 bits per heavy atom. The fourth-order valence-electron chi connectivity index (χ4n) is 4.03. The number of hydrogen-bond acceptors (Lipinski definition) is 5. The Bertz CT molecular complexity index is 942. The van der Waals surface area contributed by atoms with Gasteiger partial charge in [0.2, 0.25) is 0 Å². The van der Waals surface area contributed by atoms with E-state index in [-0.39, 0.29) is 17.1 Å². The Hall–Kier alpha value is -1.71.